The largest absolute Gasteiger partial charge is 0.494 e. The molecule has 3 rings (SSSR count). The third kappa shape index (κ3) is 3.85. The number of ether oxygens (including phenoxy) is 2. The number of carbonyl (C=O) groups excluding carboxylic acids is 1. The summed E-state index contributed by atoms with van der Waals surface area (Å²) < 4.78 is 11.4. The van der Waals surface area contributed by atoms with E-state index in [1.54, 1.807) is 0 Å². The van der Waals surface area contributed by atoms with Crippen LogP contribution in [0.4, 0.5) is 0 Å². The quantitative estimate of drug-likeness (QED) is 0.785. The van der Waals surface area contributed by atoms with Gasteiger partial charge in [0.25, 0.3) is 0 Å². The van der Waals surface area contributed by atoms with Crippen LogP contribution in [0.2, 0.25) is 0 Å². The number of ketones is 1. The first-order chi connectivity index (χ1) is 12.9. The molecule has 0 saturated heterocycles. The number of nitriles is 1. The molecule has 1 aromatic rings. The predicted molar refractivity (Wildman–Crippen MR) is 103 cm³/mol. The van der Waals surface area contributed by atoms with Crippen LogP contribution in [0.1, 0.15) is 57.9 Å². The maximum Gasteiger partial charge on any atom is 0.205 e. The highest BCUT2D eigenvalue weighted by Gasteiger charge is 2.42. The molecule has 1 aliphatic carbocycles. The molecule has 1 aliphatic heterocycles. The lowest BCUT2D eigenvalue weighted by molar-refractivity contribution is -0.119. The van der Waals surface area contributed by atoms with Gasteiger partial charge in [0.05, 0.1) is 12.5 Å². The molecule has 142 valence electrons. The molecule has 0 aromatic heterocycles. The van der Waals surface area contributed by atoms with E-state index < -0.39 is 5.92 Å². The molecule has 0 amide bonds. The number of nitrogens with zero attached hydrogens (tertiary/aromatic N) is 1. The van der Waals surface area contributed by atoms with E-state index >= 15 is 0 Å². The van der Waals surface area contributed by atoms with Gasteiger partial charge in [-0.1, -0.05) is 39.3 Å². The van der Waals surface area contributed by atoms with Crippen LogP contribution in [0.25, 0.3) is 0 Å². The van der Waals surface area contributed by atoms with Gasteiger partial charge in [0.1, 0.15) is 23.2 Å². The fourth-order valence-corrected chi connectivity index (χ4v) is 3.71. The topological polar surface area (TPSA) is 85.3 Å². The van der Waals surface area contributed by atoms with Crippen molar-refractivity contribution in [3.63, 3.8) is 0 Å². The van der Waals surface area contributed by atoms with Crippen molar-refractivity contribution in [1.29, 1.82) is 5.26 Å². The van der Waals surface area contributed by atoms with Gasteiger partial charge in [-0.25, -0.2) is 0 Å². The fraction of sp³-hybridized carbons (Fsp3) is 0.455. The Bertz CT molecular complexity index is 841. The molecule has 0 bridgehead atoms. The van der Waals surface area contributed by atoms with Gasteiger partial charge in [-0.2, -0.15) is 5.26 Å². The van der Waals surface area contributed by atoms with Crippen molar-refractivity contribution in [1.82, 2.24) is 0 Å². The summed E-state index contributed by atoms with van der Waals surface area (Å²) >= 11 is 0. The molecule has 2 aliphatic rings. The van der Waals surface area contributed by atoms with Crippen molar-refractivity contribution >= 4 is 5.78 Å². The molecular formula is C22H26N2O3. The van der Waals surface area contributed by atoms with E-state index in [1.165, 1.54) is 0 Å². The van der Waals surface area contributed by atoms with E-state index in [4.69, 9.17) is 15.2 Å². The second-order valence-corrected chi connectivity index (χ2v) is 7.97. The van der Waals surface area contributed by atoms with E-state index in [9.17, 15) is 10.1 Å². The van der Waals surface area contributed by atoms with Crippen LogP contribution in [-0.4, -0.2) is 12.4 Å². The van der Waals surface area contributed by atoms with Gasteiger partial charge in [0.15, 0.2) is 5.78 Å². The molecule has 0 unspecified atom stereocenters. The van der Waals surface area contributed by atoms with Crippen LogP contribution >= 0.6 is 0 Å². The number of hydrogen-bond acceptors (Lipinski definition) is 5. The number of benzene rings is 1. The fourth-order valence-electron chi connectivity index (χ4n) is 3.71. The maximum atomic E-state index is 12.9. The number of hydrogen-bond donors (Lipinski definition) is 1. The summed E-state index contributed by atoms with van der Waals surface area (Å²) in [7, 11) is 0. The molecule has 1 atom stereocenters. The Morgan fingerprint density at radius 3 is 2.63 bits per heavy atom. The van der Waals surface area contributed by atoms with Crippen LogP contribution < -0.4 is 10.5 Å². The average Bonchev–Trinajstić information content (AvgIpc) is 2.60. The van der Waals surface area contributed by atoms with Crippen LogP contribution in [0.5, 0.6) is 5.75 Å². The second kappa shape index (κ2) is 7.48. The number of carbonyl (C=O) groups is 1. The summed E-state index contributed by atoms with van der Waals surface area (Å²) in [5.41, 5.74) is 7.57. The Morgan fingerprint density at radius 1 is 1.30 bits per heavy atom. The molecule has 1 heterocycles. The van der Waals surface area contributed by atoms with Gasteiger partial charge >= 0.3 is 0 Å². The third-order valence-corrected chi connectivity index (χ3v) is 5.06. The zero-order valence-corrected chi connectivity index (χ0v) is 16.2. The number of allylic oxidation sites excluding steroid dienone is 3. The predicted octanol–water partition coefficient (Wildman–Crippen LogP) is 4.32. The van der Waals surface area contributed by atoms with Crippen molar-refractivity contribution in [3.8, 4) is 11.8 Å². The van der Waals surface area contributed by atoms with Gasteiger partial charge in [-0.3, -0.25) is 4.79 Å². The first kappa shape index (κ1) is 19.0. The van der Waals surface area contributed by atoms with Gasteiger partial charge in [0, 0.05) is 18.4 Å². The average molecular weight is 366 g/mol. The Morgan fingerprint density at radius 2 is 2.00 bits per heavy atom. The SMILES string of the molecule is CCCCOc1ccc([C@H]2C(C#N)=C(N)OC3=C2C(=O)CC(C)(C)C3)cc1. The minimum Gasteiger partial charge on any atom is -0.494 e. The Balaban J connectivity index is 1.97. The molecule has 0 fully saturated rings. The van der Waals surface area contributed by atoms with E-state index in [2.05, 4.69) is 13.0 Å². The Labute approximate surface area is 160 Å². The van der Waals surface area contributed by atoms with Crippen molar-refractivity contribution in [3.05, 3.63) is 52.6 Å². The zero-order chi connectivity index (χ0) is 19.6. The molecule has 27 heavy (non-hydrogen) atoms. The van der Waals surface area contributed by atoms with Crippen LogP contribution in [0, 0.1) is 16.7 Å². The highest BCUT2D eigenvalue weighted by molar-refractivity contribution is 6.00. The van der Waals surface area contributed by atoms with Crippen molar-refractivity contribution in [2.24, 2.45) is 11.1 Å². The zero-order valence-electron chi connectivity index (χ0n) is 16.2. The van der Waals surface area contributed by atoms with E-state index in [-0.39, 0.29) is 17.1 Å². The van der Waals surface area contributed by atoms with Crippen molar-refractivity contribution in [2.75, 3.05) is 6.61 Å². The normalized spacial score (nSPS) is 21.4. The molecule has 0 radical (unpaired) electrons. The van der Waals surface area contributed by atoms with Crippen LogP contribution in [0.15, 0.2) is 47.1 Å². The number of nitrogens with two attached hydrogens (primary N) is 1. The lowest BCUT2D eigenvalue weighted by atomic mass is 9.70. The summed E-state index contributed by atoms with van der Waals surface area (Å²) in [6, 6.07) is 9.71. The molecule has 1 aromatic carbocycles. The first-order valence-electron chi connectivity index (χ1n) is 9.43. The van der Waals surface area contributed by atoms with Gasteiger partial charge < -0.3 is 15.2 Å². The molecule has 2 N–H and O–H groups in total. The van der Waals surface area contributed by atoms with E-state index in [1.807, 2.05) is 38.1 Å². The number of unbranched alkanes of at least 4 members (excludes halogenated alkanes) is 1. The van der Waals surface area contributed by atoms with E-state index in [0.29, 0.717) is 36.4 Å². The summed E-state index contributed by atoms with van der Waals surface area (Å²) in [4.78, 5) is 12.9. The highest BCUT2D eigenvalue weighted by atomic mass is 16.5. The Hall–Kier alpha value is -2.74. The van der Waals surface area contributed by atoms with Gasteiger partial charge in [0.2, 0.25) is 5.88 Å². The van der Waals surface area contributed by atoms with E-state index in [0.717, 1.165) is 24.2 Å². The minimum absolute atomic E-state index is 0.0229. The van der Waals surface area contributed by atoms with Crippen LogP contribution in [-0.2, 0) is 9.53 Å². The smallest absolute Gasteiger partial charge is 0.205 e. The second-order valence-electron chi connectivity index (χ2n) is 7.97. The molecule has 5 heteroatoms. The summed E-state index contributed by atoms with van der Waals surface area (Å²) in [6.07, 6.45) is 3.13. The number of rotatable bonds is 5. The minimum atomic E-state index is -0.480. The van der Waals surface area contributed by atoms with Gasteiger partial charge in [-0.05, 0) is 29.5 Å². The monoisotopic (exact) mass is 366 g/mol. The first-order valence-corrected chi connectivity index (χ1v) is 9.43. The number of Topliss-reactive ketones (excluding diaryl/α,β-unsaturated/α-hetero) is 1. The van der Waals surface area contributed by atoms with Crippen LogP contribution in [0.3, 0.4) is 0 Å². The summed E-state index contributed by atoms with van der Waals surface area (Å²) in [5.74, 6) is 1.01. The maximum absolute atomic E-state index is 12.9. The standard InChI is InChI=1S/C22H26N2O3/c1-4-5-10-26-15-8-6-14(7-9-15)19-16(13-23)21(24)27-18-12-22(2,3)11-17(25)20(18)19/h6-9,19H,4-5,10-12,24H2,1-3H3/t19-/m0/s1. The summed E-state index contributed by atoms with van der Waals surface area (Å²) in [6.45, 7) is 6.86. The van der Waals surface area contributed by atoms with Crippen molar-refractivity contribution < 1.29 is 14.3 Å². The lowest BCUT2D eigenvalue weighted by Crippen LogP contribution is -2.33. The third-order valence-electron chi connectivity index (χ3n) is 5.06. The molecule has 5 nitrogen and oxygen atoms in total. The molecule has 0 saturated carbocycles. The summed E-state index contributed by atoms with van der Waals surface area (Å²) in [5, 5.41) is 9.64. The van der Waals surface area contributed by atoms with Gasteiger partial charge in [-0.15, -0.1) is 0 Å². The van der Waals surface area contributed by atoms with Crippen molar-refractivity contribution in [2.45, 2.75) is 52.4 Å². The molecular weight excluding hydrogens is 340 g/mol. The highest BCUT2D eigenvalue weighted by Crippen LogP contribution is 2.47. The molecule has 0 spiro atoms. The lowest BCUT2D eigenvalue weighted by Gasteiger charge is -2.37. The Kier molecular flexibility index (Phi) is 5.27.